The van der Waals surface area contributed by atoms with Crippen molar-refractivity contribution in [1.82, 2.24) is 5.32 Å². The Morgan fingerprint density at radius 2 is 1.89 bits per heavy atom. The molecule has 3 rings (SSSR count). The number of nitrogens with one attached hydrogen (secondary N) is 1. The van der Waals surface area contributed by atoms with Crippen LogP contribution in [0.3, 0.4) is 0 Å². The minimum Gasteiger partial charge on any atom is -0.493 e. The molecule has 0 aliphatic carbocycles. The van der Waals surface area contributed by atoms with Crippen LogP contribution in [0.2, 0.25) is 0 Å². The van der Waals surface area contributed by atoms with Crippen LogP contribution < -0.4 is 10.1 Å². The SMILES string of the molecule is CC1(COc2ccc(C3CCNCC3)cc2)COC1. The Labute approximate surface area is 115 Å². The van der Waals surface area contributed by atoms with E-state index in [2.05, 4.69) is 36.5 Å². The van der Waals surface area contributed by atoms with Gasteiger partial charge in [0.25, 0.3) is 0 Å². The average Bonchev–Trinajstić information content (AvgIpc) is 2.45. The van der Waals surface area contributed by atoms with E-state index >= 15 is 0 Å². The molecule has 0 unspecified atom stereocenters. The second-order valence-electron chi connectivity index (χ2n) is 6.19. The lowest BCUT2D eigenvalue weighted by Gasteiger charge is -2.37. The highest BCUT2D eigenvalue weighted by Gasteiger charge is 2.34. The molecule has 2 fully saturated rings. The third kappa shape index (κ3) is 3.10. The Kier molecular flexibility index (Phi) is 3.76. The van der Waals surface area contributed by atoms with E-state index < -0.39 is 0 Å². The summed E-state index contributed by atoms with van der Waals surface area (Å²) in [6.07, 6.45) is 2.49. The molecule has 0 spiro atoms. The number of benzene rings is 1. The van der Waals surface area contributed by atoms with Gasteiger partial charge in [-0.25, -0.2) is 0 Å². The third-order valence-corrected chi connectivity index (χ3v) is 4.18. The third-order valence-electron chi connectivity index (χ3n) is 4.18. The molecule has 1 aromatic carbocycles. The molecule has 2 aliphatic rings. The highest BCUT2D eigenvalue weighted by molar-refractivity contribution is 5.29. The maximum absolute atomic E-state index is 5.86. The Morgan fingerprint density at radius 3 is 2.47 bits per heavy atom. The van der Waals surface area contributed by atoms with E-state index in [0.717, 1.165) is 38.7 Å². The Hall–Kier alpha value is -1.06. The Morgan fingerprint density at radius 1 is 1.21 bits per heavy atom. The molecule has 2 saturated heterocycles. The van der Waals surface area contributed by atoms with Gasteiger partial charge in [-0.1, -0.05) is 19.1 Å². The lowest BCUT2D eigenvalue weighted by Crippen LogP contribution is -2.44. The standard InChI is InChI=1S/C16H23NO2/c1-16(10-18-11-16)12-19-15-4-2-13(3-5-15)14-6-8-17-9-7-14/h2-5,14,17H,6-12H2,1H3. The van der Waals surface area contributed by atoms with Crippen molar-refractivity contribution in [2.24, 2.45) is 5.41 Å². The van der Waals surface area contributed by atoms with Crippen molar-refractivity contribution in [3.05, 3.63) is 29.8 Å². The zero-order chi connectivity index (χ0) is 13.1. The van der Waals surface area contributed by atoms with Crippen LogP contribution in [0.1, 0.15) is 31.2 Å². The predicted octanol–water partition coefficient (Wildman–Crippen LogP) is 2.57. The van der Waals surface area contributed by atoms with Crippen molar-refractivity contribution in [2.45, 2.75) is 25.7 Å². The van der Waals surface area contributed by atoms with Gasteiger partial charge < -0.3 is 14.8 Å². The molecule has 3 heteroatoms. The molecule has 3 nitrogen and oxygen atoms in total. The summed E-state index contributed by atoms with van der Waals surface area (Å²) in [7, 11) is 0. The van der Waals surface area contributed by atoms with E-state index in [1.807, 2.05) is 0 Å². The number of ether oxygens (including phenoxy) is 2. The molecule has 2 aliphatic heterocycles. The number of hydrogen-bond acceptors (Lipinski definition) is 3. The van der Waals surface area contributed by atoms with Gasteiger partial charge in [0.15, 0.2) is 0 Å². The van der Waals surface area contributed by atoms with Gasteiger partial charge in [-0.2, -0.15) is 0 Å². The van der Waals surface area contributed by atoms with Crippen molar-refractivity contribution in [1.29, 1.82) is 0 Å². The van der Waals surface area contributed by atoms with Gasteiger partial charge in [-0.3, -0.25) is 0 Å². The normalized spacial score (nSPS) is 22.8. The fourth-order valence-corrected chi connectivity index (χ4v) is 2.78. The van der Waals surface area contributed by atoms with Gasteiger partial charge in [-0.05, 0) is 49.5 Å². The van der Waals surface area contributed by atoms with Crippen LogP contribution in [-0.4, -0.2) is 32.9 Å². The van der Waals surface area contributed by atoms with Crippen LogP contribution in [0.5, 0.6) is 5.75 Å². The highest BCUT2D eigenvalue weighted by atomic mass is 16.5. The number of piperidine rings is 1. The zero-order valence-corrected chi connectivity index (χ0v) is 11.7. The fraction of sp³-hybridized carbons (Fsp3) is 0.625. The minimum absolute atomic E-state index is 0.216. The molecule has 0 radical (unpaired) electrons. The van der Waals surface area contributed by atoms with Crippen LogP contribution in [0.25, 0.3) is 0 Å². The van der Waals surface area contributed by atoms with Gasteiger partial charge >= 0.3 is 0 Å². The quantitative estimate of drug-likeness (QED) is 0.903. The first-order chi connectivity index (χ1) is 9.25. The Bertz CT molecular complexity index is 405. The van der Waals surface area contributed by atoms with E-state index in [4.69, 9.17) is 9.47 Å². The summed E-state index contributed by atoms with van der Waals surface area (Å²) in [5.41, 5.74) is 1.67. The molecule has 2 heterocycles. The van der Waals surface area contributed by atoms with E-state index in [0.29, 0.717) is 5.92 Å². The second-order valence-corrected chi connectivity index (χ2v) is 6.19. The second kappa shape index (κ2) is 5.51. The first-order valence-electron chi connectivity index (χ1n) is 7.26. The van der Waals surface area contributed by atoms with Crippen LogP contribution >= 0.6 is 0 Å². The van der Waals surface area contributed by atoms with Crippen molar-refractivity contribution >= 4 is 0 Å². The summed E-state index contributed by atoms with van der Waals surface area (Å²) in [5, 5.41) is 3.41. The topological polar surface area (TPSA) is 30.5 Å². The van der Waals surface area contributed by atoms with Gasteiger partial charge in [0, 0.05) is 5.41 Å². The van der Waals surface area contributed by atoms with Crippen molar-refractivity contribution in [2.75, 3.05) is 32.9 Å². The molecular formula is C16H23NO2. The highest BCUT2D eigenvalue weighted by Crippen LogP contribution is 2.29. The van der Waals surface area contributed by atoms with Crippen LogP contribution in [0.15, 0.2) is 24.3 Å². The summed E-state index contributed by atoms with van der Waals surface area (Å²) in [4.78, 5) is 0. The summed E-state index contributed by atoms with van der Waals surface area (Å²) < 4.78 is 11.1. The lowest BCUT2D eigenvalue weighted by atomic mass is 9.90. The van der Waals surface area contributed by atoms with Crippen LogP contribution in [0, 0.1) is 5.41 Å². The molecule has 1 N–H and O–H groups in total. The summed E-state index contributed by atoms with van der Waals surface area (Å²) in [6, 6.07) is 8.68. The van der Waals surface area contributed by atoms with Gasteiger partial charge in [-0.15, -0.1) is 0 Å². The maximum atomic E-state index is 5.86. The van der Waals surface area contributed by atoms with E-state index in [-0.39, 0.29) is 5.41 Å². The van der Waals surface area contributed by atoms with Gasteiger partial charge in [0.2, 0.25) is 0 Å². The predicted molar refractivity (Wildman–Crippen MR) is 75.7 cm³/mol. The zero-order valence-electron chi connectivity index (χ0n) is 11.7. The van der Waals surface area contributed by atoms with Gasteiger partial charge in [0.05, 0.1) is 19.8 Å². The van der Waals surface area contributed by atoms with Gasteiger partial charge in [0.1, 0.15) is 5.75 Å². The summed E-state index contributed by atoms with van der Waals surface area (Å²) in [6.45, 7) is 6.88. The molecule has 1 aromatic rings. The number of hydrogen-bond donors (Lipinski definition) is 1. The number of rotatable bonds is 4. The first kappa shape index (κ1) is 12.9. The van der Waals surface area contributed by atoms with E-state index in [1.165, 1.54) is 18.4 Å². The molecule has 104 valence electrons. The van der Waals surface area contributed by atoms with E-state index in [9.17, 15) is 0 Å². The fourth-order valence-electron chi connectivity index (χ4n) is 2.78. The molecule has 0 aromatic heterocycles. The molecular weight excluding hydrogens is 238 g/mol. The molecule has 0 amide bonds. The molecule has 0 bridgehead atoms. The summed E-state index contributed by atoms with van der Waals surface area (Å²) in [5.74, 6) is 1.69. The smallest absolute Gasteiger partial charge is 0.119 e. The Balaban J connectivity index is 1.55. The minimum atomic E-state index is 0.216. The monoisotopic (exact) mass is 261 g/mol. The van der Waals surface area contributed by atoms with E-state index in [1.54, 1.807) is 0 Å². The average molecular weight is 261 g/mol. The first-order valence-corrected chi connectivity index (χ1v) is 7.26. The van der Waals surface area contributed by atoms with Crippen molar-refractivity contribution in [3.8, 4) is 5.75 Å². The van der Waals surface area contributed by atoms with Crippen molar-refractivity contribution in [3.63, 3.8) is 0 Å². The lowest BCUT2D eigenvalue weighted by molar-refractivity contribution is -0.120. The summed E-state index contributed by atoms with van der Waals surface area (Å²) >= 11 is 0. The maximum Gasteiger partial charge on any atom is 0.119 e. The molecule has 0 atom stereocenters. The largest absolute Gasteiger partial charge is 0.493 e. The van der Waals surface area contributed by atoms with Crippen LogP contribution in [-0.2, 0) is 4.74 Å². The van der Waals surface area contributed by atoms with Crippen molar-refractivity contribution < 1.29 is 9.47 Å². The van der Waals surface area contributed by atoms with Crippen LogP contribution in [0.4, 0.5) is 0 Å². The molecule has 0 saturated carbocycles. The molecule has 19 heavy (non-hydrogen) atoms.